The van der Waals surface area contributed by atoms with Crippen molar-refractivity contribution in [2.24, 2.45) is 0 Å². The predicted octanol–water partition coefficient (Wildman–Crippen LogP) is 3.18. The molecule has 0 spiro atoms. The zero-order chi connectivity index (χ0) is 18.0. The van der Waals surface area contributed by atoms with Crippen molar-refractivity contribution < 1.29 is 24.2 Å². The van der Waals surface area contributed by atoms with Crippen LogP contribution in [0.3, 0.4) is 0 Å². The van der Waals surface area contributed by atoms with E-state index in [0.29, 0.717) is 27.8 Å². The Morgan fingerprint density at radius 3 is 2.36 bits per heavy atom. The zero-order valence-electron chi connectivity index (χ0n) is 13.6. The summed E-state index contributed by atoms with van der Waals surface area (Å²) in [5.74, 6) is -0.372. The fourth-order valence-corrected chi connectivity index (χ4v) is 2.60. The molecular formula is C19H15NO5. The first-order valence-electron chi connectivity index (χ1n) is 7.44. The first-order chi connectivity index (χ1) is 12.0. The molecular weight excluding hydrogens is 322 g/mol. The Hall–Kier alpha value is -3.41. The van der Waals surface area contributed by atoms with Crippen molar-refractivity contribution >= 4 is 22.5 Å². The number of carbonyl (C=O) groups is 2. The number of carboxylic acids is 1. The molecule has 0 aliphatic carbocycles. The molecule has 3 rings (SSSR count). The summed E-state index contributed by atoms with van der Waals surface area (Å²) >= 11 is 0. The van der Waals surface area contributed by atoms with Crippen LogP contribution in [-0.4, -0.2) is 36.1 Å². The molecule has 126 valence electrons. The van der Waals surface area contributed by atoms with Crippen LogP contribution in [0.25, 0.3) is 10.8 Å². The number of carboxylic acid groups (broad SMARTS) is 1. The van der Waals surface area contributed by atoms with E-state index in [2.05, 4.69) is 4.98 Å². The van der Waals surface area contributed by atoms with E-state index >= 15 is 0 Å². The summed E-state index contributed by atoms with van der Waals surface area (Å²) in [5.41, 5.74) is 0.589. The SMILES string of the molecule is COc1cccc(C(=O)c2ncc(C(=O)O)c3ccc(OC)cc23)c1. The van der Waals surface area contributed by atoms with Gasteiger partial charge in [0.25, 0.3) is 0 Å². The molecule has 0 radical (unpaired) electrons. The number of methoxy groups -OCH3 is 2. The van der Waals surface area contributed by atoms with E-state index in [1.807, 2.05) is 0 Å². The van der Waals surface area contributed by atoms with Gasteiger partial charge in [-0.25, -0.2) is 4.79 Å². The third kappa shape index (κ3) is 3.01. The summed E-state index contributed by atoms with van der Waals surface area (Å²) in [4.78, 5) is 28.4. The number of ketones is 1. The Morgan fingerprint density at radius 2 is 1.68 bits per heavy atom. The van der Waals surface area contributed by atoms with Crippen molar-refractivity contribution in [3.63, 3.8) is 0 Å². The minimum Gasteiger partial charge on any atom is -0.497 e. The molecule has 0 aliphatic heterocycles. The van der Waals surface area contributed by atoms with Crippen molar-refractivity contribution in [2.45, 2.75) is 0 Å². The van der Waals surface area contributed by atoms with Gasteiger partial charge >= 0.3 is 5.97 Å². The summed E-state index contributed by atoms with van der Waals surface area (Å²) in [7, 11) is 3.02. The first-order valence-corrected chi connectivity index (χ1v) is 7.44. The molecule has 1 N–H and O–H groups in total. The highest BCUT2D eigenvalue weighted by Crippen LogP contribution is 2.28. The fraction of sp³-hybridized carbons (Fsp3) is 0.105. The van der Waals surface area contributed by atoms with E-state index in [9.17, 15) is 14.7 Å². The summed E-state index contributed by atoms with van der Waals surface area (Å²) in [6, 6.07) is 11.6. The van der Waals surface area contributed by atoms with Crippen molar-refractivity contribution in [2.75, 3.05) is 14.2 Å². The molecule has 25 heavy (non-hydrogen) atoms. The first kappa shape index (κ1) is 16.4. The Bertz CT molecular complexity index is 981. The molecule has 1 aromatic heterocycles. The van der Waals surface area contributed by atoms with Gasteiger partial charge in [-0.15, -0.1) is 0 Å². The van der Waals surface area contributed by atoms with Crippen LogP contribution in [0.5, 0.6) is 11.5 Å². The van der Waals surface area contributed by atoms with Crippen LogP contribution in [0, 0.1) is 0 Å². The predicted molar refractivity (Wildman–Crippen MR) is 91.7 cm³/mol. The van der Waals surface area contributed by atoms with Crippen LogP contribution in [0.15, 0.2) is 48.7 Å². The number of aromatic carboxylic acids is 1. The lowest BCUT2D eigenvalue weighted by molar-refractivity contribution is 0.0698. The van der Waals surface area contributed by atoms with Crippen LogP contribution in [-0.2, 0) is 0 Å². The lowest BCUT2D eigenvalue weighted by Crippen LogP contribution is -2.08. The standard InChI is InChI=1S/C19H15NO5/c1-24-12-5-3-4-11(8-12)18(21)17-15-9-13(25-2)6-7-14(15)16(10-20-17)19(22)23/h3-10H,1-2H3,(H,22,23). The average molecular weight is 337 g/mol. The minimum atomic E-state index is -1.11. The van der Waals surface area contributed by atoms with Gasteiger partial charge in [0, 0.05) is 22.5 Å². The minimum absolute atomic E-state index is 0.0276. The summed E-state index contributed by atoms with van der Waals surface area (Å²) in [6.07, 6.45) is 1.20. The summed E-state index contributed by atoms with van der Waals surface area (Å²) < 4.78 is 10.3. The Morgan fingerprint density at radius 1 is 0.960 bits per heavy atom. The van der Waals surface area contributed by atoms with Crippen molar-refractivity contribution in [3.8, 4) is 11.5 Å². The van der Waals surface area contributed by atoms with Crippen LogP contribution in [0.2, 0.25) is 0 Å². The second kappa shape index (κ2) is 6.60. The maximum absolute atomic E-state index is 12.9. The molecule has 0 saturated heterocycles. The van der Waals surface area contributed by atoms with Crippen molar-refractivity contribution in [3.05, 3.63) is 65.5 Å². The van der Waals surface area contributed by atoms with Gasteiger partial charge in [0.2, 0.25) is 5.78 Å². The number of carbonyl (C=O) groups excluding carboxylic acids is 1. The molecule has 0 amide bonds. The van der Waals surface area contributed by atoms with E-state index in [0.717, 1.165) is 0 Å². The second-order valence-corrected chi connectivity index (χ2v) is 5.30. The van der Waals surface area contributed by atoms with E-state index in [1.54, 1.807) is 42.5 Å². The monoisotopic (exact) mass is 337 g/mol. The Labute approximate surface area is 143 Å². The number of ether oxygens (including phenoxy) is 2. The largest absolute Gasteiger partial charge is 0.497 e. The number of rotatable bonds is 5. The summed E-state index contributed by atoms with van der Waals surface area (Å²) in [5, 5.41) is 10.2. The third-order valence-corrected chi connectivity index (χ3v) is 3.87. The van der Waals surface area contributed by atoms with E-state index in [4.69, 9.17) is 9.47 Å². The van der Waals surface area contributed by atoms with E-state index in [1.165, 1.54) is 20.4 Å². The van der Waals surface area contributed by atoms with Crippen molar-refractivity contribution in [1.29, 1.82) is 0 Å². The lowest BCUT2D eigenvalue weighted by atomic mass is 9.99. The van der Waals surface area contributed by atoms with Gasteiger partial charge in [-0.2, -0.15) is 0 Å². The maximum atomic E-state index is 12.9. The van der Waals surface area contributed by atoms with Gasteiger partial charge in [0.15, 0.2) is 0 Å². The number of nitrogens with zero attached hydrogens (tertiary/aromatic N) is 1. The highest BCUT2D eigenvalue weighted by Gasteiger charge is 2.19. The third-order valence-electron chi connectivity index (χ3n) is 3.87. The van der Waals surface area contributed by atoms with Gasteiger partial charge in [-0.3, -0.25) is 9.78 Å². The average Bonchev–Trinajstić information content (AvgIpc) is 2.65. The number of hydrogen-bond acceptors (Lipinski definition) is 5. The number of pyridine rings is 1. The summed E-state index contributed by atoms with van der Waals surface area (Å²) in [6.45, 7) is 0. The molecule has 3 aromatic rings. The highest BCUT2D eigenvalue weighted by atomic mass is 16.5. The normalized spacial score (nSPS) is 10.5. The van der Waals surface area contributed by atoms with Crippen molar-refractivity contribution in [1.82, 2.24) is 4.98 Å². The van der Waals surface area contributed by atoms with Gasteiger partial charge in [-0.1, -0.05) is 12.1 Å². The topological polar surface area (TPSA) is 85.7 Å². The molecule has 0 fully saturated rings. The van der Waals surface area contributed by atoms with Gasteiger partial charge in [0.05, 0.1) is 19.8 Å². The Balaban J connectivity index is 2.22. The van der Waals surface area contributed by atoms with Crippen LogP contribution >= 0.6 is 0 Å². The Kier molecular flexibility index (Phi) is 4.35. The van der Waals surface area contributed by atoms with Crippen LogP contribution in [0.4, 0.5) is 0 Å². The molecule has 6 heteroatoms. The molecule has 0 aliphatic rings. The molecule has 0 unspecified atom stereocenters. The fourth-order valence-electron chi connectivity index (χ4n) is 2.60. The van der Waals surface area contributed by atoms with Gasteiger partial charge in [-0.05, 0) is 30.3 Å². The smallest absolute Gasteiger partial charge is 0.337 e. The van der Waals surface area contributed by atoms with E-state index < -0.39 is 5.97 Å². The molecule has 0 bridgehead atoms. The maximum Gasteiger partial charge on any atom is 0.337 e. The highest BCUT2D eigenvalue weighted by molar-refractivity contribution is 6.17. The second-order valence-electron chi connectivity index (χ2n) is 5.30. The quantitative estimate of drug-likeness (QED) is 0.720. The number of hydrogen-bond donors (Lipinski definition) is 1. The van der Waals surface area contributed by atoms with Crippen LogP contribution < -0.4 is 9.47 Å². The molecule has 6 nitrogen and oxygen atoms in total. The number of fused-ring (bicyclic) bond motifs is 1. The molecule has 0 saturated carbocycles. The molecule has 2 aromatic carbocycles. The van der Waals surface area contributed by atoms with Crippen LogP contribution in [0.1, 0.15) is 26.4 Å². The molecule has 1 heterocycles. The lowest BCUT2D eigenvalue weighted by Gasteiger charge is -2.10. The molecule has 0 atom stereocenters. The number of aromatic nitrogens is 1. The zero-order valence-corrected chi connectivity index (χ0v) is 13.6. The van der Waals surface area contributed by atoms with E-state index in [-0.39, 0.29) is 17.0 Å². The van der Waals surface area contributed by atoms with Gasteiger partial charge < -0.3 is 14.6 Å². The number of benzene rings is 2. The van der Waals surface area contributed by atoms with Gasteiger partial charge in [0.1, 0.15) is 17.2 Å².